The van der Waals surface area contributed by atoms with Gasteiger partial charge in [0.25, 0.3) is 0 Å². The molecule has 1 atom stereocenters. The Balaban J connectivity index is 1.28. The molecule has 2 fully saturated rings. The average Bonchev–Trinajstić information content (AvgIpc) is 3.02. The van der Waals surface area contributed by atoms with Crippen molar-refractivity contribution in [3.63, 3.8) is 0 Å². The summed E-state index contributed by atoms with van der Waals surface area (Å²) in [4.78, 5) is 14.0. The zero-order valence-electron chi connectivity index (χ0n) is 13.7. The maximum atomic E-state index is 4.45. The van der Waals surface area contributed by atoms with Crippen molar-refractivity contribution < 1.29 is 0 Å². The van der Waals surface area contributed by atoms with Gasteiger partial charge in [0.15, 0.2) is 0 Å². The molecule has 23 heavy (non-hydrogen) atoms. The van der Waals surface area contributed by atoms with Gasteiger partial charge in [-0.1, -0.05) is 6.07 Å². The number of likely N-dealkylation sites (tertiary alicyclic amines) is 1. The van der Waals surface area contributed by atoms with Crippen molar-refractivity contribution in [1.82, 2.24) is 19.8 Å². The molecular weight excluding hydrogens is 304 g/mol. The fraction of sp³-hybridized carbons (Fsp3) is 0.556. The molecule has 0 aromatic carbocycles. The van der Waals surface area contributed by atoms with E-state index in [0.717, 1.165) is 19.1 Å². The fourth-order valence-corrected chi connectivity index (χ4v) is 4.70. The number of rotatable bonds is 5. The molecule has 1 unspecified atom stereocenters. The van der Waals surface area contributed by atoms with E-state index in [1.54, 1.807) is 11.3 Å². The highest BCUT2D eigenvalue weighted by atomic mass is 32.1. The van der Waals surface area contributed by atoms with Crippen LogP contribution in [-0.4, -0.2) is 45.9 Å². The quantitative estimate of drug-likeness (QED) is 0.844. The lowest BCUT2D eigenvalue weighted by molar-refractivity contribution is 0.138. The Labute approximate surface area is 142 Å². The number of nitrogens with zero attached hydrogens (tertiary/aromatic N) is 4. The molecule has 4 nitrogen and oxygen atoms in total. The second kappa shape index (κ2) is 6.30. The highest BCUT2D eigenvalue weighted by Gasteiger charge is 2.56. The lowest BCUT2D eigenvalue weighted by Gasteiger charge is -2.33. The lowest BCUT2D eigenvalue weighted by Crippen LogP contribution is -2.37. The van der Waals surface area contributed by atoms with Crippen LogP contribution in [0.4, 0.5) is 0 Å². The Morgan fingerprint density at radius 1 is 1.26 bits per heavy atom. The Kier molecular flexibility index (Phi) is 4.18. The molecule has 2 aliphatic rings. The summed E-state index contributed by atoms with van der Waals surface area (Å²) in [6.45, 7) is 4.41. The third-order valence-electron chi connectivity index (χ3n) is 5.51. The SMILES string of the molecule is CN(Cc1nccs1)C1CC12CCN(Cc1ccccn1)CC2. The molecule has 0 radical (unpaired) electrons. The van der Waals surface area contributed by atoms with Crippen molar-refractivity contribution in [3.8, 4) is 0 Å². The maximum absolute atomic E-state index is 4.45. The molecule has 0 bridgehead atoms. The van der Waals surface area contributed by atoms with E-state index in [0.29, 0.717) is 5.41 Å². The highest BCUT2D eigenvalue weighted by Crippen LogP contribution is 2.56. The normalized spacial score (nSPS) is 23.5. The first kappa shape index (κ1) is 15.2. The van der Waals surface area contributed by atoms with Crippen LogP contribution < -0.4 is 0 Å². The van der Waals surface area contributed by atoms with Gasteiger partial charge >= 0.3 is 0 Å². The number of aromatic nitrogens is 2. The smallest absolute Gasteiger partial charge is 0.107 e. The predicted octanol–water partition coefficient (Wildman–Crippen LogP) is 3.02. The first-order chi connectivity index (χ1) is 11.3. The third-order valence-corrected chi connectivity index (χ3v) is 6.27. The molecule has 2 aromatic heterocycles. The summed E-state index contributed by atoms with van der Waals surface area (Å²) in [5, 5.41) is 3.31. The van der Waals surface area contributed by atoms with Crippen molar-refractivity contribution in [1.29, 1.82) is 0 Å². The summed E-state index contributed by atoms with van der Waals surface area (Å²) in [6.07, 6.45) is 7.82. The molecule has 0 amide bonds. The number of piperidine rings is 1. The lowest BCUT2D eigenvalue weighted by atomic mass is 9.92. The number of pyridine rings is 1. The van der Waals surface area contributed by atoms with E-state index in [9.17, 15) is 0 Å². The summed E-state index contributed by atoms with van der Waals surface area (Å²) < 4.78 is 0. The minimum atomic E-state index is 0.576. The van der Waals surface area contributed by atoms with E-state index < -0.39 is 0 Å². The van der Waals surface area contributed by atoms with Gasteiger partial charge in [0.2, 0.25) is 0 Å². The van der Waals surface area contributed by atoms with Crippen molar-refractivity contribution in [3.05, 3.63) is 46.7 Å². The molecule has 1 saturated heterocycles. The Morgan fingerprint density at radius 2 is 2.13 bits per heavy atom. The van der Waals surface area contributed by atoms with E-state index in [4.69, 9.17) is 0 Å². The molecule has 1 aliphatic heterocycles. The average molecular weight is 328 g/mol. The summed E-state index contributed by atoms with van der Waals surface area (Å²) in [5.41, 5.74) is 1.77. The molecule has 1 spiro atoms. The molecule has 1 saturated carbocycles. The zero-order chi connectivity index (χ0) is 15.7. The standard InChI is InChI=1S/C18H24N4S/c1-21(14-17-20-8-11-23-17)16-12-18(16)5-9-22(10-6-18)13-15-4-2-3-7-19-15/h2-4,7-8,11,16H,5-6,9-10,12-14H2,1H3. The predicted molar refractivity (Wildman–Crippen MR) is 93.2 cm³/mol. The molecule has 4 rings (SSSR count). The van der Waals surface area contributed by atoms with E-state index >= 15 is 0 Å². The third kappa shape index (κ3) is 3.32. The zero-order valence-corrected chi connectivity index (χ0v) is 14.5. The van der Waals surface area contributed by atoms with Gasteiger partial charge in [0.05, 0.1) is 12.2 Å². The first-order valence-corrected chi connectivity index (χ1v) is 9.34. The van der Waals surface area contributed by atoms with Crippen LogP contribution in [0.3, 0.4) is 0 Å². The number of hydrogen-bond donors (Lipinski definition) is 0. The van der Waals surface area contributed by atoms with Crippen LogP contribution in [-0.2, 0) is 13.1 Å². The molecule has 2 aromatic rings. The molecular formula is C18H24N4S. The minimum absolute atomic E-state index is 0.576. The summed E-state index contributed by atoms with van der Waals surface area (Å²) >= 11 is 1.77. The minimum Gasteiger partial charge on any atom is -0.297 e. The van der Waals surface area contributed by atoms with Crippen molar-refractivity contribution in [2.45, 2.75) is 38.4 Å². The second-order valence-corrected chi connectivity index (χ2v) is 8.00. The largest absolute Gasteiger partial charge is 0.297 e. The van der Waals surface area contributed by atoms with Gasteiger partial charge in [0, 0.05) is 30.4 Å². The molecule has 3 heterocycles. The molecule has 5 heteroatoms. The number of hydrogen-bond acceptors (Lipinski definition) is 5. The van der Waals surface area contributed by atoms with E-state index in [2.05, 4.69) is 44.3 Å². The van der Waals surface area contributed by atoms with Crippen LogP contribution in [0.2, 0.25) is 0 Å². The van der Waals surface area contributed by atoms with E-state index in [-0.39, 0.29) is 0 Å². The fourth-order valence-electron chi connectivity index (χ4n) is 4.02. The molecule has 1 aliphatic carbocycles. The van der Waals surface area contributed by atoms with Crippen LogP contribution in [0.15, 0.2) is 36.0 Å². The summed E-state index contributed by atoms with van der Waals surface area (Å²) in [5.74, 6) is 0. The molecule has 0 N–H and O–H groups in total. The van der Waals surface area contributed by atoms with Gasteiger partial charge in [-0.3, -0.25) is 14.8 Å². The van der Waals surface area contributed by atoms with E-state index in [1.807, 2.05) is 18.5 Å². The van der Waals surface area contributed by atoms with Crippen LogP contribution in [0.25, 0.3) is 0 Å². The second-order valence-electron chi connectivity index (χ2n) is 7.02. The Morgan fingerprint density at radius 3 is 2.83 bits per heavy atom. The van der Waals surface area contributed by atoms with Crippen LogP contribution in [0, 0.1) is 5.41 Å². The topological polar surface area (TPSA) is 32.3 Å². The van der Waals surface area contributed by atoms with Crippen molar-refractivity contribution >= 4 is 11.3 Å². The maximum Gasteiger partial charge on any atom is 0.107 e. The van der Waals surface area contributed by atoms with Gasteiger partial charge in [-0.25, -0.2) is 4.98 Å². The first-order valence-electron chi connectivity index (χ1n) is 8.46. The van der Waals surface area contributed by atoms with Gasteiger partial charge < -0.3 is 0 Å². The van der Waals surface area contributed by atoms with Gasteiger partial charge in [0.1, 0.15) is 5.01 Å². The summed E-state index contributed by atoms with van der Waals surface area (Å²) in [7, 11) is 2.26. The highest BCUT2D eigenvalue weighted by molar-refractivity contribution is 7.09. The Bertz CT molecular complexity index is 620. The van der Waals surface area contributed by atoms with Gasteiger partial charge in [-0.15, -0.1) is 11.3 Å². The van der Waals surface area contributed by atoms with Crippen molar-refractivity contribution in [2.75, 3.05) is 20.1 Å². The molecule has 122 valence electrons. The van der Waals surface area contributed by atoms with E-state index in [1.165, 1.54) is 43.1 Å². The monoisotopic (exact) mass is 328 g/mol. The van der Waals surface area contributed by atoms with Gasteiger partial charge in [-0.05, 0) is 56.9 Å². The summed E-state index contributed by atoms with van der Waals surface area (Å²) in [6, 6.07) is 6.95. The number of thiazole rings is 1. The van der Waals surface area contributed by atoms with Crippen molar-refractivity contribution in [2.24, 2.45) is 5.41 Å². The Hall–Kier alpha value is -1.30. The van der Waals surface area contributed by atoms with Gasteiger partial charge in [-0.2, -0.15) is 0 Å². The van der Waals surface area contributed by atoms with Crippen LogP contribution in [0.5, 0.6) is 0 Å². The van der Waals surface area contributed by atoms with Crippen LogP contribution >= 0.6 is 11.3 Å². The van der Waals surface area contributed by atoms with Crippen LogP contribution in [0.1, 0.15) is 30.0 Å².